The summed E-state index contributed by atoms with van der Waals surface area (Å²) in [6, 6.07) is 9.82. The monoisotopic (exact) mass is 408 g/mol. The molecule has 0 unspecified atom stereocenters. The summed E-state index contributed by atoms with van der Waals surface area (Å²) in [5, 5.41) is 3.61. The summed E-state index contributed by atoms with van der Waals surface area (Å²) < 4.78 is 11.0. The van der Waals surface area contributed by atoms with Crippen molar-refractivity contribution in [3.8, 4) is 11.5 Å². The largest absolute Gasteiger partial charge is 0.495 e. The molecule has 0 aromatic heterocycles. The molecular weight excluding hydrogens is 391 g/mol. The normalized spacial score (nSPS) is 15.0. The number of benzene rings is 2. The predicted octanol–water partition coefficient (Wildman–Crippen LogP) is 4.14. The van der Waals surface area contributed by atoms with Crippen LogP contribution in [0.1, 0.15) is 13.8 Å². The topological polar surface area (TPSA) is 67.9 Å². The molecule has 2 aromatic carbocycles. The minimum absolute atomic E-state index is 0.214. The number of methoxy groups -OCH3 is 1. The first kappa shape index (κ1) is 19.3. The second-order valence-corrected chi connectivity index (χ2v) is 7.38. The lowest BCUT2D eigenvalue weighted by Gasteiger charge is -2.38. The molecule has 8 heteroatoms. The van der Waals surface area contributed by atoms with Gasteiger partial charge >= 0.3 is 0 Å². The van der Waals surface area contributed by atoms with Crippen molar-refractivity contribution in [2.24, 2.45) is 0 Å². The number of nitrogens with one attached hydrogen (secondary N) is 1. The van der Waals surface area contributed by atoms with Gasteiger partial charge in [-0.2, -0.15) is 0 Å². The summed E-state index contributed by atoms with van der Waals surface area (Å²) in [6.07, 6.45) is 0. The summed E-state index contributed by atoms with van der Waals surface area (Å²) in [5.41, 5.74) is -0.240. The molecule has 0 radical (unpaired) electrons. The summed E-state index contributed by atoms with van der Waals surface area (Å²) in [5.74, 6) is 0.194. The van der Waals surface area contributed by atoms with Crippen molar-refractivity contribution in [3.63, 3.8) is 0 Å². The van der Waals surface area contributed by atoms with E-state index in [1.54, 1.807) is 50.2 Å². The molecule has 142 valence electrons. The molecule has 1 aliphatic heterocycles. The summed E-state index contributed by atoms with van der Waals surface area (Å²) in [7, 11) is 1.49. The van der Waals surface area contributed by atoms with Crippen molar-refractivity contribution >= 4 is 46.4 Å². The van der Waals surface area contributed by atoms with E-state index in [0.717, 1.165) is 0 Å². The van der Waals surface area contributed by atoms with Gasteiger partial charge in [0.05, 0.1) is 18.5 Å². The minimum Gasteiger partial charge on any atom is -0.495 e. The highest BCUT2D eigenvalue weighted by molar-refractivity contribution is 6.31. The number of carbonyl (C=O) groups excluding carboxylic acids is 2. The van der Waals surface area contributed by atoms with Crippen LogP contribution in [0.3, 0.4) is 0 Å². The van der Waals surface area contributed by atoms with E-state index >= 15 is 0 Å². The molecule has 1 aliphatic rings. The number of ether oxygens (including phenoxy) is 2. The Balaban J connectivity index is 1.88. The summed E-state index contributed by atoms with van der Waals surface area (Å²) in [6.45, 7) is 3.09. The second-order valence-electron chi connectivity index (χ2n) is 6.51. The molecule has 0 bridgehead atoms. The predicted molar refractivity (Wildman–Crippen MR) is 105 cm³/mol. The Morgan fingerprint density at radius 3 is 2.56 bits per heavy atom. The molecule has 2 aromatic rings. The smallest absolute Gasteiger partial charge is 0.271 e. The summed E-state index contributed by atoms with van der Waals surface area (Å²) in [4.78, 5) is 26.8. The van der Waals surface area contributed by atoms with E-state index in [-0.39, 0.29) is 12.5 Å². The maximum Gasteiger partial charge on any atom is 0.271 e. The van der Waals surface area contributed by atoms with E-state index in [9.17, 15) is 9.59 Å². The van der Waals surface area contributed by atoms with Gasteiger partial charge in [0.2, 0.25) is 5.91 Å². The first-order chi connectivity index (χ1) is 12.7. The van der Waals surface area contributed by atoms with E-state index < -0.39 is 11.5 Å². The molecule has 0 spiro atoms. The highest BCUT2D eigenvalue weighted by Gasteiger charge is 2.41. The average Bonchev–Trinajstić information content (AvgIpc) is 2.60. The van der Waals surface area contributed by atoms with Crippen molar-refractivity contribution in [2.45, 2.75) is 19.4 Å². The Labute approximate surface area is 167 Å². The van der Waals surface area contributed by atoms with E-state index in [4.69, 9.17) is 32.7 Å². The first-order valence-corrected chi connectivity index (χ1v) is 8.91. The van der Waals surface area contributed by atoms with Crippen molar-refractivity contribution in [2.75, 3.05) is 23.9 Å². The molecule has 0 fully saturated rings. The van der Waals surface area contributed by atoms with E-state index in [0.29, 0.717) is 32.9 Å². The number of fused-ring (bicyclic) bond motifs is 1. The molecule has 2 amide bonds. The van der Waals surface area contributed by atoms with E-state index in [1.807, 2.05) is 0 Å². The number of rotatable bonds is 4. The Bertz CT molecular complexity index is 915. The van der Waals surface area contributed by atoms with Gasteiger partial charge in [0.1, 0.15) is 18.0 Å². The quantitative estimate of drug-likeness (QED) is 0.824. The van der Waals surface area contributed by atoms with Crippen LogP contribution in [0.15, 0.2) is 36.4 Å². The third kappa shape index (κ3) is 3.96. The van der Waals surface area contributed by atoms with Gasteiger partial charge < -0.3 is 14.8 Å². The zero-order valence-corrected chi connectivity index (χ0v) is 16.5. The Kier molecular flexibility index (Phi) is 5.22. The van der Waals surface area contributed by atoms with Crippen molar-refractivity contribution < 1.29 is 19.1 Å². The van der Waals surface area contributed by atoms with Gasteiger partial charge in [-0.05, 0) is 50.2 Å². The van der Waals surface area contributed by atoms with Crippen LogP contribution in [0, 0.1) is 0 Å². The first-order valence-electron chi connectivity index (χ1n) is 8.15. The fourth-order valence-electron chi connectivity index (χ4n) is 2.81. The van der Waals surface area contributed by atoms with Gasteiger partial charge in [0.25, 0.3) is 5.91 Å². The molecule has 6 nitrogen and oxygen atoms in total. The highest BCUT2D eigenvalue weighted by atomic mass is 35.5. The molecule has 0 saturated heterocycles. The van der Waals surface area contributed by atoms with Gasteiger partial charge in [-0.15, -0.1) is 0 Å². The van der Waals surface area contributed by atoms with Crippen LogP contribution in [0.5, 0.6) is 11.5 Å². The third-order valence-electron chi connectivity index (χ3n) is 4.07. The lowest BCUT2D eigenvalue weighted by Crippen LogP contribution is -2.54. The second kappa shape index (κ2) is 7.29. The van der Waals surface area contributed by atoms with Crippen molar-refractivity contribution in [3.05, 3.63) is 46.4 Å². The third-order valence-corrected chi connectivity index (χ3v) is 4.54. The van der Waals surface area contributed by atoms with Crippen molar-refractivity contribution in [1.82, 2.24) is 0 Å². The SMILES string of the molecule is COc1ccc(Cl)cc1NC(=O)CN1C(=O)C(C)(C)Oc2ccc(Cl)cc21. The van der Waals surface area contributed by atoms with Gasteiger partial charge in [-0.1, -0.05) is 23.2 Å². The van der Waals surface area contributed by atoms with Crippen LogP contribution in [-0.4, -0.2) is 31.1 Å². The number of hydrogen-bond acceptors (Lipinski definition) is 4. The molecule has 0 atom stereocenters. The molecule has 3 rings (SSSR count). The maximum absolute atomic E-state index is 12.8. The molecular formula is C19H18Cl2N2O4. The highest BCUT2D eigenvalue weighted by Crippen LogP contribution is 2.39. The number of amides is 2. The van der Waals surface area contributed by atoms with Crippen LogP contribution in [0.2, 0.25) is 10.0 Å². The maximum atomic E-state index is 12.8. The molecule has 1 heterocycles. The van der Waals surface area contributed by atoms with Crippen LogP contribution < -0.4 is 19.7 Å². The standard InChI is InChI=1S/C19H18Cl2N2O4/c1-19(2)18(25)23(14-9-12(21)5-7-16(14)27-19)10-17(24)22-13-8-11(20)4-6-15(13)26-3/h4-9H,10H2,1-3H3,(H,22,24). The zero-order valence-electron chi connectivity index (χ0n) is 15.0. The fraction of sp³-hybridized carbons (Fsp3) is 0.263. The fourth-order valence-corrected chi connectivity index (χ4v) is 3.15. The molecule has 0 saturated carbocycles. The number of hydrogen-bond donors (Lipinski definition) is 1. The Morgan fingerprint density at radius 1 is 1.19 bits per heavy atom. The minimum atomic E-state index is -1.10. The summed E-state index contributed by atoms with van der Waals surface area (Å²) >= 11 is 12.1. The Morgan fingerprint density at radius 2 is 1.85 bits per heavy atom. The van der Waals surface area contributed by atoms with Gasteiger partial charge in [0, 0.05) is 10.0 Å². The average molecular weight is 409 g/mol. The van der Waals surface area contributed by atoms with Crippen LogP contribution in [-0.2, 0) is 9.59 Å². The van der Waals surface area contributed by atoms with E-state index in [2.05, 4.69) is 5.32 Å². The van der Waals surface area contributed by atoms with Crippen LogP contribution in [0.25, 0.3) is 0 Å². The molecule has 27 heavy (non-hydrogen) atoms. The lowest BCUT2D eigenvalue weighted by molar-refractivity contribution is -0.133. The lowest BCUT2D eigenvalue weighted by atomic mass is 10.0. The number of carbonyl (C=O) groups is 2. The molecule has 1 N–H and O–H groups in total. The number of nitrogens with zero attached hydrogens (tertiary/aromatic N) is 1. The van der Waals surface area contributed by atoms with Gasteiger partial charge in [-0.25, -0.2) is 0 Å². The van der Waals surface area contributed by atoms with Gasteiger partial charge in [-0.3, -0.25) is 14.5 Å². The molecule has 0 aliphatic carbocycles. The zero-order chi connectivity index (χ0) is 19.8. The van der Waals surface area contributed by atoms with Gasteiger partial charge in [0.15, 0.2) is 5.60 Å². The van der Waals surface area contributed by atoms with Crippen molar-refractivity contribution in [1.29, 1.82) is 0 Å². The number of anilines is 2. The number of halogens is 2. The Hall–Kier alpha value is -2.44. The van der Waals surface area contributed by atoms with Crippen LogP contribution >= 0.6 is 23.2 Å². The van der Waals surface area contributed by atoms with E-state index in [1.165, 1.54) is 12.0 Å². The van der Waals surface area contributed by atoms with Crippen LogP contribution in [0.4, 0.5) is 11.4 Å².